The second-order valence-corrected chi connectivity index (χ2v) is 6.52. The maximum Gasteiger partial charge on any atom is 0.102 e. The third-order valence-electron chi connectivity index (χ3n) is 4.00. The van der Waals surface area contributed by atoms with Gasteiger partial charge in [-0.15, -0.1) is 0 Å². The molecule has 1 heterocycles. The molecule has 1 fully saturated rings. The summed E-state index contributed by atoms with van der Waals surface area (Å²) in [4.78, 5) is 0. The Balaban J connectivity index is 2.19. The van der Waals surface area contributed by atoms with Crippen LogP contribution in [0.1, 0.15) is 25.3 Å². The average Bonchev–Trinajstić information content (AvgIpc) is 2.41. The SMILES string of the molecule is CC1SCCCC1(O)c1cccc2ccccc12. The maximum absolute atomic E-state index is 11.1. The summed E-state index contributed by atoms with van der Waals surface area (Å²) in [5.74, 6) is 1.16. The highest BCUT2D eigenvalue weighted by atomic mass is 32.2. The minimum atomic E-state index is -0.677. The zero-order valence-electron chi connectivity index (χ0n) is 10.6. The van der Waals surface area contributed by atoms with Crippen LogP contribution in [-0.4, -0.2) is 16.1 Å². The van der Waals surface area contributed by atoms with Gasteiger partial charge in [0, 0.05) is 5.25 Å². The van der Waals surface area contributed by atoms with Crippen LogP contribution in [0, 0.1) is 0 Å². The Morgan fingerprint density at radius 3 is 2.78 bits per heavy atom. The second-order valence-electron chi connectivity index (χ2n) is 5.07. The quantitative estimate of drug-likeness (QED) is 0.836. The van der Waals surface area contributed by atoms with E-state index in [1.807, 2.05) is 11.8 Å². The van der Waals surface area contributed by atoms with E-state index in [9.17, 15) is 5.11 Å². The van der Waals surface area contributed by atoms with Gasteiger partial charge in [-0.05, 0) is 34.9 Å². The first-order valence-electron chi connectivity index (χ1n) is 6.54. The van der Waals surface area contributed by atoms with Crippen LogP contribution in [0.15, 0.2) is 42.5 Å². The van der Waals surface area contributed by atoms with E-state index in [-0.39, 0.29) is 5.25 Å². The first-order chi connectivity index (χ1) is 8.72. The standard InChI is InChI=1S/C16H18OS/c1-12-16(17,10-5-11-18-12)15-9-4-7-13-6-2-3-8-14(13)15/h2-4,6-9,12,17H,5,10-11H2,1H3. The largest absolute Gasteiger partial charge is 0.384 e. The van der Waals surface area contributed by atoms with Gasteiger partial charge in [-0.25, -0.2) is 0 Å². The van der Waals surface area contributed by atoms with Gasteiger partial charge in [-0.1, -0.05) is 49.4 Å². The predicted octanol–water partition coefficient (Wildman–Crippen LogP) is 3.94. The minimum Gasteiger partial charge on any atom is -0.384 e. The van der Waals surface area contributed by atoms with Crippen LogP contribution in [-0.2, 0) is 5.60 Å². The molecule has 2 unspecified atom stereocenters. The number of hydrogen-bond acceptors (Lipinski definition) is 2. The van der Waals surface area contributed by atoms with E-state index in [1.165, 1.54) is 10.8 Å². The monoisotopic (exact) mass is 258 g/mol. The van der Waals surface area contributed by atoms with Crippen molar-refractivity contribution in [1.82, 2.24) is 0 Å². The molecule has 2 aromatic rings. The zero-order chi connectivity index (χ0) is 12.6. The van der Waals surface area contributed by atoms with Gasteiger partial charge in [-0.3, -0.25) is 0 Å². The summed E-state index contributed by atoms with van der Waals surface area (Å²) < 4.78 is 0. The van der Waals surface area contributed by atoms with E-state index in [0.29, 0.717) is 0 Å². The van der Waals surface area contributed by atoms with Crippen molar-refractivity contribution in [2.45, 2.75) is 30.6 Å². The smallest absolute Gasteiger partial charge is 0.102 e. The normalized spacial score (nSPS) is 28.4. The molecule has 1 nitrogen and oxygen atoms in total. The lowest BCUT2D eigenvalue weighted by molar-refractivity contribution is 0.0269. The van der Waals surface area contributed by atoms with E-state index >= 15 is 0 Å². The molecule has 18 heavy (non-hydrogen) atoms. The molecule has 0 aromatic heterocycles. The third-order valence-corrected chi connectivity index (χ3v) is 5.41. The molecule has 2 aromatic carbocycles. The topological polar surface area (TPSA) is 20.2 Å². The molecule has 1 aliphatic rings. The molecular weight excluding hydrogens is 240 g/mol. The number of hydrogen-bond donors (Lipinski definition) is 1. The molecular formula is C16H18OS. The van der Waals surface area contributed by atoms with Crippen molar-refractivity contribution in [2.75, 3.05) is 5.75 Å². The van der Waals surface area contributed by atoms with Crippen molar-refractivity contribution in [3.8, 4) is 0 Å². The summed E-state index contributed by atoms with van der Waals surface area (Å²) >= 11 is 1.88. The van der Waals surface area contributed by atoms with Gasteiger partial charge >= 0.3 is 0 Å². The van der Waals surface area contributed by atoms with Crippen LogP contribution in [0.3, 0.4) is 0 Å². The van der Waals surface area contributed by atoms with Gasteiger partial charge in [0.1, 0.15) is 5.60 Å². The van der Waals surface area contributed by atoms with Crippen LogP contribution >= 0.6 is 11.8 Å². The van der Waals surface area contributed by atoms with E-state index in [2.05, 4.69) is 49.4 Å². The fourth-order valence-corrected chi connectivity index (χ4v) is 4.08. The number of aliphatic hydroxyl groups is 1. The molecule has 1 aliphatic heterocycles. The Hall–Kier alpha value is -0.990. The van der Waals surface area contributed by atoms with Gasteiger partial charge in [0.15, 0.2) is 0 Å². The Bertz CT molecular complexity index is 561. The highest BCUT2D eigenvalue weighted by Gasteiger charge is 2.39. The lowest BCUT2D eigenvalue weighted by Gasteiger charge is -2.38. The maximum atomic E-state index is 11.1. The fraction of sp³-hybridized carbons (Fsp3) is 0.375. The second kappa shape index (κ2) is 4.60. The summed E-state index contributed by atoms with van der Waals surface area (Å²) in [6.45, 7) is 2.14. The van der Waals surface area contributed by atoms with Gasteiger partial charge in [-0.2, -0.15) is 11.8 Å². The minimum absolute atomic E-state index is 0.261. The molecule has 0 aliphatic carbocycles. The molecule has 0 radical (unpaired) electrons. The molecule has 2 heteroatoms. The van der Waals surface area contributed by atoms with Gasteiger partial charge in [0.2, 0.25) is 0 Å². The van der Waals surface area contributed by atoms with Crippen molar-refractivity contribution in [2.24, 2.45) is 0 Å². The van der Waals surface area contributed by atoms with Crippen LogP contribution in [0.25, 0.3) is 10.8 Å². The first kappa shape index (κ1) is 12.1. The number of fused-ring (bicyclic) bond motifs is 1. The van der Waals surface area contributed by atoms with E-state index in [1.54, 1.807) is 0 Å². The first-order valence-corrected chi connectivity index (χ1v) is 7.59. The summed E-state index contributed by atoms with van der Waals surface area (Å²) in [5, 5.41) is 13.8. The van der Waals surface area contributed by atoms with Crippen LogP contribution in [0.5, 0.6) is 0 Å². The lowest BCUT2D eigenvalue weighted by Crippen LogP contribution is -2.38. The van der Waals surface area contributed by atoms with Crippen molar-refractivity contribution in [1.29, 1.82) is 0 Å². The Morgan fingerprint density at radius 2 is 1.94 bits per heavy atom. The Labute approximate surface area is 112 Å². The van der Waals surface area contributed by atoms with Crippen molar-refractivity contribution in [3.05, 3.63) is 48.0 Å². The van der Waals surface area contributed by atoms with Crippen LogP contribution in [0.4, 0.5) is 0 Å². The summed E-state index contributed by atoms with van der Waals surface area (Å²) in [7, 11) is 0. The Kier molecular flexibility index (Phi) is 3.08. The average molecular weight is 258 g/mol. The molecule has 0 amide bonds. The number of rotatable bonds is 1. The molecule has 3 rings (SSSR count). The van der Waals surface area contributed by atoms with Crippen LogP contribution in [0.2, 0.25) is 0 Å². The van der Waals surface area contributed by atoms with E-state index in [0.717, 1.165) is 24.2 Å². The van der Waals surface area contributed by atoms with Gasteiger partial charge in [0.25, 0.3) is 0 Å². The molecule has 0 spiro atoms. The summed E-state index contributed by atoms with van der Waals surface area (Å²) in [6, 6.07) is 14.6. The third kappa shape index (κ3) is 1.84. The fourth-order valence-electron chi connectivity index (χ4n) is 2.90. The lowest BCUT2D eigenvalue weighted by atomic mass is 9.83. The highest BCUT2D eigenvalue weighted by Crippen LogP contribution is 2.43. The van der Waals surface area contributed by atoms with E-state index < -0.39 is 5.60 Å². The van der Waals surface area contributed by atoms with Crippen LogP contribution < -0.4 is 0 Å². The summed E-state index contributed by atoms with van der Waals surface area (Å²) in [5.41, 5.74) is 0.421. The molecule has 94 valence electrons. The zero-order valence-corrected chi connectivity index (χ0v) is 11.4. The van der Waals surface area contributed by atoms with Crippen molar-refractivity contribution < 1.29 is 5.11 Å². The molecule has 1 N–H and O–H groups in total. The molecule has 0 saturated carbocycles. The summed E-state index contributed by atoms with van der Waals surface area (Å²) in [6.07, 6.45) is 1.96. The van der Waals surface area contributed by atoms with E-state index in [4.69, 9.17) is 0 Å². The number of benzene rings is 2. The predicted molar refractivity (Wildman–Crippen MR) is 79.0 cm³/mol. The van der Waals surface area contributed by atoms with Crippen molar-refractivity contribution in [3.63, 3.8) is 0 Å². The number of thioether (sulfide) groups is 1. The molecule has 1 saturated heterocycles. The molecule has 2 atom stereocenters. The van der Waals surface area contributed by atoms with Gasteiger partial charge < -0.3 is 5.11 Å². The highest BCUT2D eigenvalue weighted by molar-refractivity contribution is 8.00. The Morgan fingerprint density at radius 1 is 1.17 bits per heavy atom. The molecule has 0 bridgehead atoms. The van der Waals surface area contributed by atoms with Gasteiger partial charge in [0.05, 0.1) is 0 Å². The van der Waals surface area contributed by atoms with Crippen molar-refractivity contribution >= 4 is 22.5 Å².